The van der Waals surface area contributed by atoms with Crippen LogP contribution in [0.1, 0.15) is 11.5 Å². The van der Waals surface area contributed by atoms with Gasteiger partial charge in [0.05, 0.1) is 17.4 Å². The third-order valence-corrected chi connectivity index (χ3v) is 2.66. The van der Waals surface area contributed by atoms with Crippen molar-refractivity contribution in [2.24, 2.45) is 5.73 Å². The van der Waals surface area contributed by atoms with Crippen molar-refractivity contribution in [2.45, 2.75) is 13.1 Å². The van der Waals surface area contributed by atoms with Crippen LogP contribution in [-0.2, 0) is 13.1 Å². The van der Waals surface area contributed by atoms with Gasteiger partial charge >= 0.3 is 0 Å². The summed E-state index contributed by atoms with van der Waals surface area (Å²) >= 11 is 0. The van der Waals surface area contributed by atoms with Crippen molar-refractivity contribution in [3.05, 3.63) is 41.5 Å². The molecule has 0 saturated carbocycles. The van der Waals surface area contributed by atoms with Gasteiger partial charge in [0, 0.05) is 12.6 Å². The van der Waals surface area contributed by atoms with Crippen LogP contribution in [0, 0.1) is 11.6 Å². The SMILES string of the molecule is NCc1cn(Cc2nc3c(F)cc(F)cc3[nH]2)nn1. The predicted octanol–water partition coefficient (Wildman–Crippen LogP) is 0.940. The fraction of sp³-hybridized carbons (Fsp3) is 0.182. The highest BCUT2D eigenvalue weighted by Crippen LogP contribution is 2.17. The number of hydrogen-bond donors (Lipinski definition) is 2. The fourth-order valence-corrected chi connectivity index (χ4v) is 1.83. The van der Waals surface area contributed by atoms with Gasteiger partial charge in [-0.25, -0.2) is 18.4 Å². The monoisotopic (exact) mass is 264 g/mol. The van der Waals surface area contributed by atoms with Gasteiger partial charge < -0.3 is 10.7 Å². The first-order valence-corrected chi connectivity index (χ1v) is 5.58. The van der Waals surface area contributed by atoms with E-state index in [4.69, 9.17) is 5.73 Å². The Hall–Kier alpha value is -2.35. The Labute approximate surface area is 106 Å². The summed E-state index contributed by atoms with van der Waals surface area (Å²) < 4.78 is 28.1. The second-order valence-electron chi connectivity index (χ2n) is 4.08. The topological polar surface area (TPSA) is 85.4 Å². The van der Waals surface area contributed by atoms with Crippen molar-refractivity contribution >= 4 is 11.0 Å². The highest BCUT2D eigenvalue weighted by atomic mass is 19.1. The predicted molar refractivity (Wildman–Crippen MR) is 63.0 cm³/mol. The van der Waals surface area contributed by atoms with E-state index in [0.717, 1.165) is 6.07 Å². The van der Waals surface area contributed by atoms with Gasteiger partial charge in [0.1, 0.15) is 23.7 Å². The molecule has 2 aromatic heterocycles. The summed E-state index contributed by atoms with van der Waals surface area (Å²) in [6.45, 7) is 0.572. The maximum Gasteiger partial charge on any atom is 0.153 e. The van der Waals surface area contributed by atoms with Crippen LogP contribution >= 0.6 is 0 Å². The van der Waals surface area contributed by atoms with Crippen molar-refractivity contribution < 1.29 is 8.78 Å². The minimum absolute atomic E-state index is 0.107. The molecule has 0 atom stereocenters. The molecule has 1 aromatic carbocycles. The number of halogens is 2. The number of benzene rings is 1. The first-order valence-electron chi connectivity index (χ1n) is 5.58. The summed E-state index contributed by atoms with van der Waals surface area (Å²) in [5.74, 6) is -0.877. The number of nitrogens with one attached hydrogen (secondary N) is 1. The largest absolute Gasteiger partial charge is 0.340 e. The summed E-state index contributed by atoms with van der Waals surface area (Å²) in [7, 11) is 0. The molecule has 19 heavy (non-hydrogen) atoms. The third-order valence-electron chi connectivity index (χ3n) is 2.66. The van der Waals surface area contributed by atoms with Crippen LogP contribution in [0.2, 0.25) is 0 Å². The molecule has 3 N–H and O–H groups in total. The molecule has 8 heteroatoms. The van der Waals surface area contributed by atoms with Crippen molar-refractivity contribution in [3.63, 3.8) is 0 Å². The van der Waals surface area contributed by atoms with E-state index >= 15 is 0 Å². The van der Waals surface area contributed by atoms with Crippen molar-refractivity contribution in [1.29, 1.82) is 0 Å². The first-order chi connectivity index (χ1) is 9.15. The lowest BCUT2D eigenvalue weighted by Gasteiger charge is -1.94. The molecule has 0 amide bonds. The second-order valence-corrected chi connectivity index (χ2v) is 4.08. The highest BCUT2D eigenvalue weighted by molar-refractivity contribution is 5.75. The Morgan fingerprint density at radius 1 is 1.32 bits per heavy atom. The molecule has 2 heterocycles. The quantitative estimate of drug-likeness (QED) is 0.737. The molecular formula is C11H10F2N6. The van der Waals surface area contributed by atoms with E-state index in [-0.39, 0.29) is 12.1 Å². The van der Waals surface area contributed by atoms with Gasteiger partial charge in [-0.1, -0.05) is 5.21 Å². The lowest BCUT2D eigenvalue weighted by Crippen LogP contribution is -2.02. The molecule has 0 radical (unpaired) electrons. The summed E-state index contributed by atoms with van der Waals surface area (Å²) in [6.07, 6.45) is 1.67. The van der Waals surface area contributed by atoms with Crippen LogP contribution in [0.15, 0.2) is 18.3 Å². The van der Waals surface area contributed by atoms with Gasteiger partial charge in [-0.15, -0.1) is 5.10 Å². The maximum atomic E-state index is 13.5. The van der Waals surface area contributed by atoms with Crippen LogP contribution in [0.4, 0.5) is 8.78 Å². The van der Waals surface area contributed by atoms with Gasteiger partial charge in [0.2, 0.25) is 0 Å². The molecule has 0 aliphatic heterocycles. The molecule has 0 bridgehead atoms. The lowest BCUT2D eigenvalue weighted by atomic mass is 10.3. The standard InChI is InChI=1S/C11H10F2N6/c12-6-1-8(13)11-9(2-6)15-10(16-11)5-19-4-7(3-14)17-18-19/h1-2,4H,3,5,14H2,(H,15,16). The molecule has 0 fully saturated rings. The number of imidazole rings is 1. The van der Waals surface area contributed by atoms with E-state index in [9.17, 15) is 8.78 Å². The molecule has 3 aromatic rings. The zero-order chi connectivity index (χ0) is 13.4. The van der Waals surface area contributed by atoms with E-state index in [1.165, 1.54) is 10.7 Å². The minimum Gasteiger partial charge on any atom is -0.340 e. The zero-order valence-corrected chi connectivity index (χ0v) is 9.77. The number of nitrogens with zero attached hydrogens (tertiary/aromatic N) is 4. The molecule has 0 unspecified atom stereocenters. The summed E-state index contributed by atoms with van der Waals surface area (Å²) in [5.41, 5.74) is 6.49. The van der Waals surface area contributed by atoms with Crippen molar-refractivity contribution in [3.8, 4) is 0 Å². The Morgan fingerprint density at radius 2 is 2.16 bits per heavy atom. The maximum absolute atomic E-state index is 13.5. The summed E-state index contributed by atoms with van der Waals surface area (Å²) in [4.78, 5) is 6.91. The molecule has 6 nitrogen and oxygen atoms in total. The second kappa shape index (κ2) is 4.39. The number of fused-ring (bicyclic) bond motifs is 1. The van der Waals surface area contributed by atoms with Gasteiger partial charge in [0.15, 0.2) is 5.82 Å². The molecule has 98 valence electrons. The number of nitrogens with two attached hydrogens (primary N) is 1. The Balaban J connectivity index is 1.95. The summed E-state index contributed by atoms with van der Waals surface area (Å²) in [5, 5.41) is 7.68. The Kier molecular flexibility index (Phi) is 2.71. The number of H-pyrrole nitrogens is 1. The normalized spacial score (nSPS) is 11.3. The van der Waals surface area contributed by atoms with Gasteiger partial charge in [-0.05, 0) is 6.07 Å². The number of aromatic nitrogens is 5. The third kappa shape index (κ3) is 2.17. The number of aromatic amines is 1. The van der Waals surface area contributed by atoms with Crippen LogP contribution in [0.25, 0.3) is 11.0 Å². The Bertz CT molecular complexity index is 732. The molecule has 0 saturated heterocycles. The number of hydrogen-bond acceptors (Lipinski definition) is 4. The minimum atomic E-state index is -0.696. The van der Waals surface area contributed by atoms with Crippen LogP contribution < -0.4 is 5.73 Å². The van der Waals surface area contributed by atoms with Crippen LogP contribution in [0.3, 0.4) is 0 Å². The molecule has 3 rings (SSSR count). The van der Waals surface area contributed by atoms with Crippen molar-refractivity contribution in [2.75, 3.05) is 0 Å². The van der Waals surface area contributed by atoms with Gasteiger partial charge in [-0.3, -0.25) is 0 Å². The van der Waals surface area contributed by atoms with Gasteiger partial charge in [-0.2, -0.15) is 0 Å². The van der Waals surface area contributed by atoms with Crippen molar-refractivity contribution in [1.82, 2.24) is 25.0 Å². The lowest BCUT2D eigenvalue weighted by molar-refractivity contribution is 0.590. The fourth-order valence-electron chi connectivity index (χ4n) is 1.83. The van der Waals surface area contributed by atoms with E-state index in [2.05, 4.69) is 20.3 Å². The van der Waals surface area contributed by atoms with E-state index in [1.54, 1.807) is 6.20 Å². The first kappa shape index (κ1) is 11.7. The van der Waals surface area contributed by atoms with E-state index in [1.807, 2.05) is 0 Å². The van der Waals surface area contributed by atoms with E-state index in [0.29, 0.717) is 23.6 Å². The van der Waals surface area contributed by atoms with Crippen LogP contribution in [-0.4, -0.2) is 25.0 Å². The van der Waals surface area contributed by atoms with Gasteiger partial charge in [0.25, 0.3) is 0 Å². The number of rotatable bonds is 3. The van der Waals surface area contributed by atoms with E-state index < -0.39 is 11.6 Å². The highest BCUT2D eigenvalue weighted by Gasteiger charge is 2.10. The molecular weight excluding hydrogens is 254 g/mol. The Morgan fingerprint density at radius 3 is 2.89 bits per heavy atom. The molecule has 0 spiro atoms. The van der Waals surface area contributed by atoms with Crippen LogP contribution in [0.5, 0.6) is 0 Å². The zero-order valence-electron chi connectivity index (χ0n) is 9.77. The average Bonchev–Trinajstić information content (AvgIpc) is 2.96. The smallest absolute Gasteiger partial charge is 0.153 e. The average molecular weight is 264 g/mol. The molecule has 0 aliphatic rings. The molecule has 0 aliphatic carbocycles. The summed E-state index contributed by atoms with van der Waals surface area (Å²) in [6, 6.07) is 2.00.